The van der Waals surface area contributed by atoms with Crippen LogP contribution in [-0.2, 0) is 4.74 Å². The van der Waals surface area contributed by atoms with E-state index in [4.69, 9.17) is 4.74 Å². The molecule has 0 aromatic heterocycles. The Morgan fingerprint density at radius 2 is 2.32 bits per heavy atom. The van der Waals surface area contributed by atoms with Crippen molar-refractivity contribution < 1.29 is 14.5 Å². The van der Waals surface area contributed by atoms with E-state index in [-0.39, 0.29) is 17.6 Å². The largest absolute Gasteiger partial charge is 0.377 e. The SMILES string of the molecule is C[C@@H]1COCCN1C(=O)c1cc([N+](=O)[O-])ccc1Br. The average molecular weight is 329 g/mol. The van der Waals surface area contributed by atoms with Crippen molar-refractivity contribution in [3.05, 3.63) is 38.3 Å². The van der Waals surface area contributed by atoms with E-state index >= 15 is 0 Å². The van der Waals surface area contributed by atoms with Crippen LogP contribution in [0, 0.1) is 10.1 Å². The van der Waals surface area contributed by atoms with Crippen molar-refractivity contribution in [2.75, 3.05) is 19.8 Å². The van der Waals surface area contributed by atoms with Crippen LogP contribution in [0.3, 0.4) is 0 Å². The Balaban J connectivity index is 2.32. The van der Waals surface area contributed by atoms with E-state index in [2.05, 4.69) is 15.9 Å². The molecular weight excluding hydrogens is 316 g/mol. The molecule has 7 heteroatoms. The number of halogens is 1. The molecule has 0 spiro atoms. The van der Waals surface area contributed by atoms with Crippen LogP contribution in [0.4, 0.5) is 5.69 Å². The number of rotatable bonds is 2. The minimum atomic E-state index is -0.508. The molecule has 102 valence electrons. The molecule has 2 rings (SSSR count). The van der Waals surface area contributed by atoms with E-state index in [0.717, 1.165) is 0 Å². The van der Waals surface area contributed by atoms with E-state index < -0.39 is 4.92 Å². The van der Waals surface area contributed by atoms with Gasteiger partial charge in [0.1, 0.15) is 0 Å². The van der Waals surface area contributed by atoms with Gasteiger partial charge in [0.2, 0.25) is 0 Å². The van der Waals surface area contributed by atoms with Crippen LogP contribution in [0.15, 0.2) is 22.7 Å². The number of non-ortho nitro benzene ring substituents is 1. The number of morpholine rings is 1. The Hall–Kier alpha value is -1.47. The maximum absolute atomic E-state index is 12.4. The number of carbonyl (C=O) groups excluding carboxylic acids is 1. The highest BCUT2D eigenvalue weighted by atomic mass is 79.9. The molecule has 19 heavy (non-hydrogen) atoms. The van der Waals surface area contributed by atoms with Gasteiger partial charge in [-0.15, -0.1) is 0 Å². The molecule has 0 radical (unpaired) electrons. The number of nitro groups is 1. The summed E-state index contributed by atoms with van der Waals surface area (Å²) in [6.45, 7) is 3.36. The zero-order chi connectivity index (χ0) is 14.0. The second-order valence-corrected chi connectivity index (χ2v) is 5.20. The van der Waals surface area contributed by atoms with Gasteiger partial charge in [-0.2, -0.15) is 0 Å². The van der Waals surface area contributed by atoms with Crippen LogP contribution >= 0.6 is 15.9 Å². The molecule has 6 nitrogen and oxygen atoms in total. The zero-order valence-electron chi connectivity index (χ0n) is 10.3. The number of hydrogen-bond donors (Lipinski definition) is 0. The monoisotopic (exact) mass is 328 g/mol. The summed E-state index contributed by atoms with van der Waals surface area (Å²) in [6, 6.07) is 4.15. The summed E-state index contributed by atoms with van der Waals surface area (Å²) in [5, 5.41) is 10.8. The van der Waals surface area contributed by atoms with Crippen LogP contribution in [0.25, 0.3) is 0 Å². The predicted octanol–water partition coefficient (Wildman–Crippen LogP) is 2.22. The Kier molecular flexibility index (Phi) is 4.16. The molecule has 1 heterocycles. The molecule has 0 bridgehead atoms. The zero-order valence-corrected chi connectivity index (χ0v) is 11.9. The quantitative estimate of drug-likeness (QED) is 0.616. The van der Waals surface area contributed by atoms with Crippen molar-refractivity contribution in [3.63, 3.8) is 0 Å². The molecule has 1 aliphatic heterocycles. The van der Waals surface area contributed by atoms with Gasteiger partial charge in [-0.25, -0.2) is 0 Å². The summed E-state index contributed by atoms with van der Waals surface area (Å²) < 4.78 is 5.83. The lowest BCUT2D eigenvalue weighted by molar-refractivity contribution is -0.384. The smallest absolute Gasteiger partial charge is 0.270 e. The number of nitro benzene ring substituents is 1. The maximum Gasteiger partial charge on any atom is 0.270 e. The van der Waals surface area contributed by atoms with Crippen molar-refractivity contribution >= 4 is 27.5 Å². The molecule has 1 aliphatic rings. The molecule has 0 aliphatic carbocycles. The normalized spacial score (nSPS) is 19.3. The third-order valence-electron chi connectivity index (χ3n) is 3.02. The number of ether oxygens (including phenoxy) is 1. The first-order valence-electron chi connectivity index (χ1n) is 5.83. The Morgan fingerprint density at radius 1 is 1.58 bits per heavy atom. The lowest BCUT2D eigenvalue weighted by Gasteiger charge is -2.33. The van der Waals surface area contributed by atoms with Crippen molar-refractivity contribution in [1.29, 1.82) is 0 Å². The topological polar surface area (TPSA) is 72.7 Å². The maximum atomic E-state index is 12.4. The highest BCUT2D eigenvalue weighted by Crippen LogP contribution is 2.25. The summed E-state index contributed by atoms with van der Waals surface area (Å²) in [6.07, 6.45) is 0. The van der Waals surface area contributed by atoms with Crippen LogP contribution in [0.1, 0.15) is 17.3 Å². The van der Waals surface area contributed by atoms with Crippen molar-refractivity contribution in [2.24, 2.45) is 0 Å². The van der Waals surface area contributed by atoms with E-state index in [9.17, 15) is 14.9 Å². The lowest BCUT2D eigenvalue weighted by atomic mass is 10.1. The van der Waals surface area contributed by atoms with Crippen LogP contribution in [0.2, 0.25) is 0 Å². The van der Waals surface area contributed by atoms with Gasteiger partial charge >= 0.3 is 0 Å². The molecule has 1 aromatic rings. The first-order chi connectivity index (χ1) is 9.00. The standard InChI is InChI=1S/C12H13BrN2O4/c1-8-7-19-5-4-14(8)12(16)10-6-9(15(17)18)2-3-11(10)13/h2-3,6,8H,4-5,7H2,1H3/t8-/m1/s1. The van der Waals surface area contributed by atoms with Crippen molar-refractivity contribution in [3.8, 4) is 0 Å². The predicted molar refractivity (Wildman–Crippen MR) is 72.1 cm³/mol. The minimum absolute atomic E-state index is 0.0348. The Bertz CT molecular complexity index is 520. The molecule has 1 amide bonds. The summed E-state index contributed by atoms with van der Waals surface area (Å²) in [5.41, 5.74) is 0.218. The van der Waals surface area contributed by atoms with E-state index in [1.54, 1.807) is 4.90 Å². The summed E-state index contributed by atoms with van der Waals surface area (Å²) in [5.74, 6) is -0.216. The van der Waals surface area contributed by atoms with E-state index in [0.29, 0.717) is 29.8 Å². The van der Waals surface area contributed by atoms with Gasteiger partial charge in [-0.3, -0.25) is 14.9 Å². The number of carbonyl (C=O) groups is 1. The summed E-state index contributed by atoms with van der Waals surface area (Å²) in [4.78, 5) is 24.4. The van der Waals surface area contributed by atoms with Gasteiger partial charge < -0.3 is 9.64 Å². The molecular formula is C12H13BrN2O4. The first-order valence-corrected chi connectivity index (χ1v) is 6.62. The average Bonchev–Trinajstić information content (AvgIpc) is 2.38. The number of nitrogens with zero attached hydrogens (tertiary/aromatic N) is 2. The lowest BCUT2D eigenvalue weighted by Crippen LogP contribution is -2.47. The number of amides is 1. The van der Waals surface area contributed by atoms with Crippen molar-refractivity contribution in [1.82, 2.24) is 4.90 Å². The van der Waals surface area contributed by atoms with Crippen LogP contribution in [0.5, 0.6) is 0 Å². The number of benzene rings is 1. The number of hydrogen-bond acceptors (Lipinski definition) is 4. The third kappa shape index (κ3) is 2.93. The molecule has 0 unspecified atom stereocenters. The Morgan fingerprint density at radius 3 is 2.95 bits per heavy atom. The van der Waals surface area contributed by atoms with E-state index in [1.165, 1.54) is 18.2 Å². The van der Waals surface area contributed by atoms with Gasteiger partial charge in [-0.1, -0.05) is 0 Å². The summed E-state index contributed by atoms with van der Waals surface area (Å²) in [7, 11) is 0. The highest BCUT2D eigenvalue weighted by molar-refractivity contribution is 9.10. The van der Waals surface area contributed by atoms with Crippen LogP contribution < -0.4 is 0 Å². The van der Waals surface area contributed by atoms with Gasteiger partial charge in [-0.05, 0) is 28.9 Å². The van der Waals surface area contributed by atoms with Gasteiger partial charge in [0, 0.05) is 23.2 Å². The molecule has 1 saturated heterocycles. The second kappa shape index (κ2) is 5.66. The van der Waals surface area contributed by atoms with Crippen molar-refractivity contribution in [2.45, 2.75) is 13.0 Å². The molecule has 0 N–H and O–H groups in total. The Labute approximate surface area is 118 Å². The van der Waals surface area contributed by atoms with E-state index in [1.807, 2.05) is 6.92 Å². The molecule has 1 fully saturated rings. The van der Waals surface area contributed by atoms with Gasteiger partial charge in [0.05, 0.1) is 29.7 Å². The third-order valence-corrected chi connectivity index (χ3v) is 3.71. The van der Waals surface area contributed by atoms with Gasteiger partial charge in [0.25, 0.3) is 11.6 Å². The molecule has 0 saturated carbocycles. The molecule has 1 aromatic carbocycles. The van der Waals surface area contributed by atoms with Gasteiger partial charge in [0.15, 0.2) is 0 Å². The first kappa shape index (κ1) is 14.0. The van der Waals surface area contributed by atoms with Crippen LogP contribution in [-0.4, -0.2) is 41.5 Å². The minimum Gasteiger partial charge on any atom is -0.377 e. The fourth-order valence-corrected chi connectivity index (χ4v) is 2.39. The second-order valence-electron chi connectivity index (χ2n) is 4.34. The highest BCUT2D eigenvalue weighted by Gasteiger charge is 2.27. The fraction of sp³-hybridized carbons (Fsp3) is 0.417. The fourth-order valence-electron chi connectivity index (χ4n) is 1.97. The summed E-state index contributed by atoms with van der Waals surface area (Å²) >= 11 is 3.27. The molecule has 1 atom stereocenters.